The predicted octanol–water partition coefficient (Wildman–Crippen LogP) is 2.97. The fourth-order valence-electron chi connectivity index (χ4n) is 2.22. The molecule has 0 aliphatic carbocycles. The Morgan fingerprint density at radius 3 is 2.33 bits per heavy atom. The zero-order chi connectivity index (χ0) is 17.9. The lowest BCUT2D eigenvalue weighted by molar-refractivity contribution is 0.0951. The van der Waals surface area contributed by atoms with Crippen LogP contribution >= 0.6 is 11.6 Å². The van der Waals surface area contributed by atoms with Gasteiger partial charge in [0.15, 0.2) is 0 Å². The highest BCUT2D eigenvalue weighted by Crippen LogP contribution is 2.22. The van der Waals surface area contributed by atoms with Gasteiger partial charge < -0.3 is 5.32 Å². The Morgan fingerprint density at radius 2 is 1.79 bits per heavy atom. The first-order valence-corrected chi connectivity index (χ1v) is 9.48. The Hall–Kier alpha value is -2.05. The van der Waals surface area contributed by atoms with Crippen molar-refractivity contribution >= 4 is 33.2 Å². The summed E-state index contributed by atoms with van der Waals surface area (Å²) in [7, 11) is -1.86. The van der Waals surface area contributed by atoms with E-state index in [0.717, 1.165) is 11.8 Å². The molecule has 5 nitrogen and oxygen atoms in total. The second-order valence-electron chi connectivity index (χ2n) is 5.54. The van der Waals surface area contributed by atoms with Crippen LogP contribution in [0.4, 0.5) is 5.69 Å². The van der Waals surface area contributed by atoms with Crippen LogP contribution in [0.15, 0.2) is 42.5 Å². The van der Waals surface area contributed by atoms with Crippen molar-refractivity contribution < 1.29 is 13.2 Å². The lowest BCUT2D eigenvalue weighted by atomic mass is 10.1. The van der Waals surface area contributed by atoms with Crippen LogP contribution in [-0.2, 0) is 16.6 Å². The molecular weight excluding hydrogens is 348 g/mol. The second kappa shape index (κ2) is 7.23. The van der Waals surface area contributed by atoms with Crippen molar-refractivity contribution in [3.8, 4) is 0 Å². The molecule has 0 spiro atoms. The summed E-state index contributed by atoms with van der Waals surface area (Å²) in [5.41, 5.74) is 2.68. The van der Waals surface area contributed by atoms with Crippen molar-refractivity contribution in [3.05, 3.63) is 64.2 Å². The number of rotatable bonds is 5. The summed E-state index contributed by atoms with van der Waals surface area (Å²) in [6.45, 7) is 2.16. The third-order valence-electron chi connectivity index (χ3n) is 3.66. The first-order valence-electron chi connectivity index (χ1n) is 7.25. The molecule has 0 aromatic heterocycles. The minimum absolute atomic E-state index is 0.221. The van der Waals surface area contributed by atoms with Crippen LogP contribution in [0.1, 0.15) is 21.5 Å². The van der Waals surface area contributed by atoms with Crippen molar-refractivity contribution in [1.82, 2.24) is 5.32 Å². The summed E-state index contributed by atoms with van der Waals surface area (Å²) in [6, 6.07) is 12.1. The lowest BCUT2D eigenvalue weighted by Gasteiger charge is -2.19. The van der Waals surface area contributed by atoms with Gasteiger partial charge in [0.1, 0.15) is 0 Å². The molecule has 0 unspecified atom stereocenters. The van der Waals surface area contributed by atoms with E-state index in [1.807, 2.05) is 12.1 Å². The minimum Gasteiger partial charge on any atom is -0.348 e. The van der Waals surface area contributed by atoms with Crippen LogP contribution in [0.2, 0.25) is 5.02 Å². The summed E-state index contributed by atoms with van der Waals surface area (Å²) in [4.78, 5) is 12.2. The van der Waals surface area contributed by atoms with Gasteiger partial charge in [-0.3, -0.25) is 9.10 Å². The molecule has 2 aromatic carbocycles. The van der Waals surface area contributed by atoms with Gasteiger partial charge in [-0.25, -0.2) is 8.42 Å². The van der Waals surface area contributed by atoms with E-state index in [1.165, 1.54) is 11.4 Å². The number of carbonyl (C=O) groups is 1. The standard InChI is InChI=1S/C17H19ClN2O3S/c1-12-10-14(6-9-16(12)20(2)24(3,22)23)17(21)19-11-13-4-7-15(18)8-5-13/h4-10H,11H2,1-3H3,(H,19,21). The molecule has 2 rings (SSSR count). The number of halogens is 1. The highest BCUT2D eigenvalue weighted by molar-refractivity contribution is 7.92. The molecule has 0 radical (unpaired) electrons. The topological polar surface area (TPSA) is 66.5 Å². The molecule has 1 amide bonds. The number of benzene rings is 2. The number of carbonyl (C=O) groups excluding carboxylic acids is 1. The van der Waals surface area contributed by atoms with Gasteiger partial charge in [0.2, 0.25) is 10.0 Å². The van der Waals surface area contributed by atoms with E-state index in [0.29, 0.717) is 28.4 Å². The summed E-state index contributed by atoms with van der Waals surface area (Å²) >= 11 is 5.83. The maximum absolute atomic E-state index is 12.2. The van der Waals surface area contributed by atoms with Crippen molar-refractivity contribution in [2.75, 3.05) is 17.6 Å². The lowest BCUT2D eigenvalue weighted by Crippen LogP contribution is -2.26. The first-order chi connectivity index (χ1) is 11.2. The SMILES string of the molecule is Cc1cc(C(=O)NCc2ccc(Cl)cc2)ccc1N(C)S(C)(=O)=O. The van der Waals surface area contributed by atoms with Crippen LogP contribution in [-0.4, -0.2) is 27.6 Å². The normalized spacial score (nSPS) is 11.2. The van der Waals surface area contributed by atoms with Crippen molar-refractivity contribution in [3.63, 3.8) is 0 Å². The third-order valence-corrected chi connectivity index (χ3v) is 5.11. The molecular formula is C17H19ClN2O3S. The molecule has 0 aliphatic heterocycles. The molecule has 0 fully saturated rings. The number of anilines is 1. The fraction of sp³-hybridized carbons (Fsp3) is 0.235. The largest absolute Gasteiger partial charge is 0.348 e. The molecule has 0 aliphatic rings. The van der Waals surface area contributed by atoms with Crippen LogP contribution in [0, 0.1) is 6.92 Å². The number of sulfonamides is 1. The fourth-order valence-corrected chi connectivity index (χ4v) is 2.90. The molecule has 0 heterocycles. The smallest absolute Gasteiger partial charge is 0.251 e. The Balaban J connectivity index is 2.10. The molecule has 1 N–H and O–H groups in total. The summed E-state index contributed by atoms with van der Waals surface area (Å²) in [5, 5.41) is 3.47. The number of aryl methyl sites for hydroxylation is 1. The van der Waals surface area contributed by atoms with Crippen molar-refractivity contribution in [2.45, 2.75) is 13.5 Å². The van der Waals surface area contributed by atoms with Gasteiger partial charge in [0.25, 0.3) is 5.91 Å². The molecule has 24 heavy (non-hydrogen) atoms. The zero-order valence-corrected chi connectivity index (χ0v) is 15.3. The number of nitrogens with one attached hydrogen (secondary N) is 1. The van der Waals surface area contributed by atoms with Gasteiger partial charge in [0, 0.05) is 24.2 Å². The minimum atomic E-state index is -3.34. The molecule has 7 heteroatoms. The highest BCUT2D eigenvalue weighted by atomic mass is 35.5. The number of nitrogens with zero attached hydrogens (tertiary/aromatic N) is 1. The van der Waals surface area contributed by atoms with Gasteiger partial charge in [-0.05, 0) is 48.4 Å². The number of hydrogen-bond donors (Lipinski definition) is 1. The molecule has 0 saturated carbocycles. The maximum atomic E-state index is 12.2. The Morgan fingerprint density at radius 1 is 1.17 bits per heavy atom. The molecule has 0 bridgehead atoms. The average molecular weight is 367 g/mol. The van der Waals surface area contributed by atoms with Gasteiger partial charge in [-0.15, -0.1) is 0 Å². The average Bonchev–Trinajstić information content (AvgIpc) is 2.52. The van der Waals surface area contributed by atoms with E-state index < -0.39 is 10.0 Å². The first kappa shape index (κ1) is 18.3. The quantitative estimate of drug-likeness (QED) is 0.884. The van der Waals surface area contributed by atoms with Gasteiger partial charge in [0.05, 0.1) is 11.9 Å². The Labute approximate surface area is 147 Å². The zero-order valence-electron chi connectivity index (χ0n) is 13.7. The van der Waals surface area contributed by atoms with E-state index in [2.05, 4.69) is 5.32 Å². The number of amides is 1. The van der Waals surface area contributed by atoms with E-state index in [-0.39, 0.29) is 5.91 Å². The number of hydrogen-bond acceptors (Lipinski definition) is 3. The Kier molecular flexibility index (Phi) is 5.51. The van der Waals surface area contributed by atoms with E-state index >= 15 is 0 Å². The van der Waals surface area contributed by atoms with Gasteiger partial charge in [-0.2, -0.15) is 0 Å². The molecule has 0 saturated heterocycles. The highest BCUT2D eigenvalue weighted by Gasteiger charge is 2.15. The van der Waals surface area contributed by atoms with Crippen LogP contribution < -0.4 is 9.62 Å². The monoisotopic (exact) mass is 366 g/mol. The molecule has 0 atom stereocenters. The molecule has 2 aromatic rings. The van der Waals surface area contributed by atoms with Crippen LogP contribution in [0.3, 0.4) is 0 Å². The summed E-state index contributed by atoms with van der Waals surface area (Å²) in [6.07, 6.45) is 1.14. The van der Waals surface area contributed by atoms with Gasteiger partial charge >= 0.3 is 0 Å². The maximum Gasteiger partial charge on any atom is 0.251 e. The third kappa shape index (κ3) is 4.49. The van der Waals surface area contributed by atoms with E-state index in [4.69, 9.17) is 11.6 Å². The predicted molar refractivity (Wildman–Crippen MR) is 97.0 cm³/mol. The Bertz CT molecular complexity index is 849. The van der Waals surface area contributed by atoms with Crippen molar-refractivity contribution in [1.29, 1.82) is 0 Å². The van der Waals surface area contributed by atoms with Crippen LogP contribution in [0.25, 0.3) is 0 Å². The van der Waals surface area contributed by atoms with Crippen LogP contribution in [0.5, 0.6) is 0 Å². The second-order valence-corrected chi connectivity index (χ2v) is 7.99. The summed E-state index contributed by atoms with van der Waals surface area (Å²) < 4.78 is 24.4. The van der Waals surface area contributed by atoms with Gasteiger partial charge in [-0.1, -0.05) is 23.7 Å². The molecule has 128 valence electrons. The summed E-state index contributed by atoms with van der Waals surface area (Å²) in [5.74, 6) is -0.221. The van der Waals surface area contributed by atoms with Crippen molar-refractivity contribution in [2.24, 2.45) is 0 Å². The van der Waals surface area contributed by atoms with E-state index in [9.17, 15) is 13.2 Å². The van der Waals surface area contributed by atoms with E-state index in [1.54, 1.807) is 37.3 Å².